The Morgan fingerprint density at radius 2 is 1.86 bits per heavy atom. The lowest BCUT2D eigenvalue weighted by Crippen LogP contribution is -2.48. The number of thiocarbonyl (C=S) groups is 1. The van der Waals surface area contributed by atoms with Crippen LogP contribution in [0.2, 0.25) is 0 Å². The fraction of sp³-hybridized carbons (Fsp3) is 0.346. The van der Waals surface area contributed by atoms with E-state index in [1.54, 1.807) is 20.0 Å². The van der Waals surface area contributed by atoms with Crippen LogP contribution in [0.1, 0.15) is 28.7 Å². The summed E-state index contributed by atoms with van der Waals surface area (Å²) in [7, 11) is 1.64. The smallest absolute Gasteiger partial charge is 0.305 e. The van der Waals surface area contributed by atoms with Gasteiger partial charge in [-0.1, -0.05) is 54.3 Å². The van der Waals surface area contributed by atoms with E-state index in [2.05, 4.69) is 21.9 Å². The molecule has 37 heavy (non-hydrogen) atoms. The van der Waals surface area contributed by atoms with Crippen molar-refractivity contribution in [3.05, 3.63) is 67.8 Å². The fourth-order valence-electron chi connectivity index (χ4n) is 4.59. The van der Waals surface area contributed by atoms with Crippen LogP contribution in [0.3, 0.4) is 0 Å². The zero-order valence-corrected chi connectivity index (χ0v) is 22.3. The van der Waals surface area contributed by atoms with Crippen molar-refractivity contribution in [2.45, 2.75) is 19.9 Å². The molecule has 2 aliphatic heterocycles. The van der Waals surface area contributed by atoms with Crippen molar-refractivity contribution in [3.8, 4) is 6.07 Å². The fourth-order valence-corrected chi connectivity index (χ4v) is 5.88. The SMILES string of the molecule is Cc1c(/C=C2/SC(=S)N(CCC(=O)O)C2=O)c(N2CCN(Cc3ccccc3)CC2)n(C)c(=O)c1C#N. The van der Waals surface area contributed by atoms with E-state index >= 15 is 0 Å². The quantitative estimate of drug-likeness (QED) is 0.421. The number of carboxylic acid groups (broad SMARTS) is 1. The average Bonchev–Trinajstić information content (AvgIpc) is 3.15. The highest BCUT2D eigenvalue weighted by atomic mass is 32.2. The number of nitriles is 1. The number of nitrogens with zero attached hydrogens (tertiary/aromatic N) is 5. The summed E-state index contributed by atoms with van der Waals surface area (Å²) in [6.07, 6.45) is 1.47. The molecule has 1 aromatic heterocycles. The van der Waals surface area contributed by atoms with Crippen LogP contribution < -0.4 is 10.5 Å². The van der Waals surface area contributed by atoms with Gasteiger partial charge in [0, 0.05) is 51.9 Å². The molecule has 0 atom stereocenters. The minimum Gasteiger partial charge on any atom is -0.481 e. The summed E-state index contributed by atoms with van der Waals surface area (Å²) in [6.45, 7) is 5.47. The van der Waals surface area contributed by atoms with Crippen LogP contribution in [0.15, 0.2) is 40.0 Å². The summed E-state index contributed by atoms with van der Waals surface area (Å²) < 4.78 is 1.77. The maximum absolute atomic E-state index is 13.1. The van der Waals surface area contributed by atoms with E-state index in [1.165, 1.54) is 15.0 Å². The lowest BCUT2D eigenvalue weighted by molar-refractivity contribution is -0.137. The summed E-state index contributed by atoms with van der Waals surface area (Å²) >= 11 is 6.42. The molecule has 2 fully saturated rings. The Morgan fingerprint density at radius 1 is 1.19 bits per heavy atom. The molecule has 0 bridgehead atoms. The molecule has 0 radical (unpaired) electrons. The first-order valence-corrected chi connectivity index (χ1v) is 13.1. The third-order valence-corrected chi connectivity index (χ3v) is 7.96. The Hall–Kier alpha value is -3.46. The van der Waals surface area contributed by atoms with E-state index < -0.39 is 5.97 Å². The molecule has 11 heteroatoms. The average molecular weight is 538 g/mol. The van der Waals surface area contributed by atoms with E-state index in [0.29, 0.717) is 34.9 Å². The summed E-state index contributed by atoms with van der Waals surface area (Å²) in [5, 5.41) is 18.7. The number of aromatic nitrogens is 1. The number of anilines is 1. The number of piperazine rings is 1. The molecule has 0 aliphatic carbocycles. The van der Waals surface area contributed by atoms with Crippen LogP contribution in [0.5, 0.6) is 0 Å². The van der Waals surface area contributed by atoms with E-state index in [1.807, 2.05) is 24.3 Å². The van der Waals surface area contributed by atoms with Crippen molar-refractivity contribution in [1.82, 2.24) is 14.4 Å². The summed E-state index contributed by atoms with van der Waals surface area (Å²) in [5.74, 6) is -0.738. The van der Waals surface area contributed by atoms with Gasteiger partial charge in [-0.3, -0.25) is 28.8 Å². The minimum atomic E-state index is -1.01. The molecule has 9 nitrogen and oxygen atoms in total. The Balaban J connectivity index is 1.66. The number of pyridine rings is 1. The number of carboxylic acids is 1. The Bertz CT molecular complexity index is 1370. The second-order valence-electron chi connectivity index (χ2n) is 8.94. The topological polar surface area (TPSA) is 110 Å². The van der Waals surface area contributed by atoms with E-state index in [-0.39, 0.29) is 34.3 Å². The number of carbonyl (C=O) groups is 2. The molecule has 0 unspecified atom stereocenters. The number of aliphatic carboxylic acids is 1. The highest BCUT2D eigenvalue weighted by Crippen LogP contribution is 2.36. The van der Waals surface area contributed by atoms with Gasteiger partial charge in [0.2, 0.25) is 0 Å². The summed E-state index contributed by atoms with van der Waals surface area (Å²) in [6, 6.07) is 12.3. The van der Waals surface area contributed by atoms with Gasteiger partial charge in [-0.05, 0) is 24.1 Å². The Morgan fingerprint density at radius 3 is 2.49 bits per heavy atom. The zero-order chi connectivity index (χ0) is 26.7. The highest BCUT2D eigenvalue weighted by Gasteiger charge is 2.33. The number of amides is 1. The van der Waals surface area contributed by atoms with E-state index in [9.17, 15) is 19.6 Å². The molecule has 1 aromatic carbocycles. The number of hydrogen-bond acceptors (Lipinski definition) is 8. The van der Waals surface area contributed by atoms with Gasteiger partial charge in [0.25, 0.3) is 11.5 Å². The third-order valence-electron chi connectivity index (χ3n) is 6.59. The van der Waals surface area contributed by atoms with Crippen molar-refractivity contribution in [2.75, 3.05) is 37.6 Å². The van der Waals surface area contributed by atoms with Crippen LogP contribution >= 0.6 is 24.0 Å². The standard InChI is InChI=1S/C26H27N5O4S2/c1-17-19(14-21-25(35)31(26(36)37-21)9-8-22(32)33)23(28(2)24(34)20(17)15-27)30-12-10-29(11-13-30)16-18-6-4-3-5-7-18/h3-7,14H,8-13,16H2,1-2H3,(H,32,33)/b21-14+. The predicted molar refractivity (Wildman–Crippen MR) is 147 cm³/mol. The molecular formula is C26H27N5O4S2. The third kappa shape index (κ3) is 5.61. The number of hydrogen-bond donors (Lipinski definition) is 1. The summed E-state index contributed by atoms with van der Waals surface area (Å²) in [4.78, 5) is 43.2. The van der Waals surface area contributed by atoms with Gasteiger partial charge in [-0.25, -0.2) is 0 Å². The number of thioether (sulfide) groups is 1. The van der Waals surface area contributed by atoms with Crippen LogP contribution in [-0.2, 0) is 23.2 Å². The van der Waals surface area contributed by atoms with Gasteiger partial charge in [-0.15, -0.1) is 0 Å². The van der Waals surface area contributed by atoms with Crippen molar-refractivity contribution >= 4 is 52.1 Å². The van der Waals surface area contributed by atoms with Crippen molar-refractivity contribution < 1.29 is 14.7 Å². The first-order chi connectivity index (χ1) is 17.7. The van der Waals surface area contributed by atoms with Crippen molar-refractivity contribution in [3.63, 3.8) is 0 Å². The first kappa shape index (κ1) is 26.6. The van der Waals surface area contributed by atoms with Gasteiger partial charge in [-0.2, -0.15) is 5.26 Å². The van der Waals surface area contributed by atoms with Gasteiger partial charge in [0.15, 0.2) is 0 Å². The molecule has 0 saturated carbocycles. The number of carbonyl (C=O) groups excluding carboxylic acids is 1. The maximum Gasteiger partial charge on any atom is 0.305 e. The zero-order valence-electron chi connectivity index (χ0n) is 20.6. The molecular weight excluding hydrogens is 510 g/mol. The van der Waals surface area contributed by atoms with E-state index in [4.69, 9.17) is 17.3 Å². The van der Waals surface area contributed by atoms with E-state index in [0.717, 1.165) is 31.4 Å². The Labute approximate surface area is 224 Å². The number of rotatable bonds is 7. The monoisotopic (exact) mass is 537 g/mol. The predicted octanol–water partition coefficient (Wildman–Crippen LogP) is 2.56. The maximum atomic E-state index is 13.1. The van der Waals surface area contributed by atoms with Crippen LogP contribution in [0, 0.1) is 18.3 Å². The molecule has 192 valence electrons. The molecule has 4 rings (SSSR count). The normalized spacial score (nSPS) is 17.5. The Kier molecular flexibility index (Phi) is 8.12. The minimum absolute atomic E-state index is 0.0106. The van der Waals surface area contributed by atoms with Gasteiger partial charge in [0.1, 0.15) is 21.8 Å². The van der Waals surface area contributed by atoms with Gasteiger partial charge >= 0.3 is 5.97 Å². The largest absolute Gasteiger partial charge is 0.481 e. The van der Waals surface area contributed by atoms with Crippen molar-refractivity contribution in [2.24, 2.45) is 7.05 Å². The molecule has 2 saturated heterocycles. The molecule has 3 heterocycles. The molecule has 2 aliphatic rings. The molecule has 1 amide bonds. The van der Waals surface area contributed by atoms with Crippen LogP contribution in [-0.4, -0.2) is 68.4 Å². The van der Waals surface area contributed by atoms with Crippen LogP contribution in [0.25, 0.3) is 6.08 Å². The first-order valence-electron chi connectivity index (χ1n) is 11.8. The van der Waals surface area contributed by atoms with Crippen LogP contribution in [0.4, 0.5) is 5.82 Å². The van der Waals surface area contributed by atoms with Gasteiger partial charge in [0.05, 0.1) is 11.3 Å². The van der Waals surface area contributed by atoms with Gasteiger partial charge < -0.3 is 10.0 Å². The second-order valence-corrected chi connectivity index (χ2v) is 10.6. The summed E-state index contributed by atoms with van der Waals surface area (Å²) in [5.41, 5.74) is 2.01. The molecule has 0 spiro atoms. The van der Waals surface area contributed by atoms with Crippen molar-refractivity contribution in [1.29, 1.82) is 5.26 Å². The molecule has 2 aromatic rings. The lowest BCUT2D eigenvalue weighted by Gasteiger charge is -2.37. The number of benzene rings is 1. The lowest BCUT2D eigenvalue weighted by atomic mass is 10.0. The second kappa shape index (κ2) is 11.3. The molecule has 1 N–H and O–H groups in total. The highest BCUT2D eigenvalue weighted by molar-refractivity contribution is 8.26.